The number of carbonyl (C=O) groups excluding carboxylic acids is 2. The lowest BCUT2D eigenvalue weighted by molar-refractivity contribution is -0.123. The van der Waals surface area contributed by atoms with E-state index in [1.807, 2.05) is 6.92 Å². The van der Waals surface area contributed by atoms with E-state index in [1.165, 1.54) is 25.1 Å². The number of carbonyl (C=O) groups is 2. The third-order valence-corrected chi connectivity index (χ3v) is 4.11. The summed E-state index contributed by atoms with van der Waals surface area (Å²) < 4.78 is 6.83. The summed E-state index contributed by atoms with van der Waals surface area (Å²) in [4.78, 5) is 24.4. The van der Waals surface area contributed by atoms with Gasteiger partial charge in [0, 0.05) is 12.1 Å². The van der Waals surface area contributed by atoms with Crippen molar-refractivity contribution in [3.8, 4) is 0 Å². The summed E-state index contributed by atoms with van der Waals surface area (Å²) in [5.41, 5.74) is 2.24. The Morgan fingerprint density at radius 2 is 1.96 bits per heavy atom. The van der Waals surface area contributed by atoms with Crippen molar-refractivity contribution in [3.63, 3.8) is 0 Å². The number of aryl methyl sites for hydroxylation is 2. The summed E-state index contributed by atoms with van der Waals surface area (Å²) in [5, 5.41) is 7.51. The second-order valence-electron chi connectivity index (χ2n) is 5.33. The molecule has 24 heavy (non-hydrogen) atoms. The average Bonchev–Trinajstić information content (AvgIpc) is 2.73. The number of halogens is 2. The van der Waals surface area contributed by atoms with Crippen LogP contribution in [-0.4, -0.2) is 27.8 Å². The molecule has 1 aromatic heterocycles. The van der Waals surface area contributed by atoms with Gasteiger partial charge in [-0.3, -0.25) is 9.48 Å². The van der Waals surface area contributed by atoms with Gasteiger partial charge in [-0.15, -0.1) is 0 Å². The monoisotopic (exact) mass is 369 g/mol. The molecule has 0 bridgehead atoms. The normalized spacial score (nSPS) is 11.9. The van der Waals surface area contributed by atoms with E-state index in [0.717, 1.165) is 5.69 Å². The molecule has 8 heteroatoms. The molecule has 128 valence electrons. The quantitative estimate of drug-likeness (QED) is 0.836. The van der Waals surface area contributed by atoms with Gasteiger partial charge in [-0.1, -0.05) is 23.2 Å². The van der Waals surface area contributed by atoms with Crippen LogP contribution in [0.3, 0.4) is 0 Å². The Morgan fingerprint density at radius 3 is 2.50 bits per heavy atom. The maximum atomic E-state index is 12.3. The standard InChI is InChI=1S/C16H17Cl2N3O3/c1-8-14(9(2)21(4)20-8)19-15(22)10(3)24-16(23)12-6-5-11(17)7-13(12)18/h5-7,10H,1-4H3,(H,19,22)/t10-/m1/s1. The second kappa shape index (κ2) is 7.23. The van der Waals surface area contributed by atoms with Crippen LogP contribution in [0.5, 0.6) is 0 Å². The highest BCUT2D eigenvalue weighted by molar-refractivity contribution is 6.36. The van der Waals surface area contributed by atoms with E-state index in [0.29, 0.717) is 16.4 Å². The molecule has 1 heterocycles. The summed E-state index contributed by atoms with van der Waals surface area (Å²) in [6, 6.07) is 4.41. The third kappa shape index (κ3) is 3.88. The Labute approximate surface area is 149 Å². The van der Waals surface area contributed by atoms with Crippen LogP contribution in [0.4, 0.5) is 5.69 Å². The summed E-state index contributed by atoms with van der Waals surface area (Å²) in [6.45, 7) is 5.10. The van der Waals surface area contributed by atoms with E-state index in [1.54, 1.807) is 18.7 Å². The van der Waals surface area contributed by atoms with E-state index in [-0.39, 0.29) is 10.6 Å². The first-order valence-electron chi connectivity index (χ1n) is 7.17. The maximum absolute atomic E-state index is 12.3. The smallest absolute Gasteiger partial charge is 0.340 e. The highest BCUT2D eigenvalue weighted by Gasteiger charge is 2.22. The molecule has 6 nitrogen and oxygen atoms in total. The first kappa shape index (κ1) is 18.3. The molecule has 0 saturated heterocycles. The second-order valence-corrected chi connectivity index (χ2v) is 6.17. The van der Waals surface area contributed by atoms with Gasteiger partial charge in [0.15, 0.2) is 6.10 Å². The number of ether oxygens (including phenoxy) is 1. The highest BCUT2D eigenvalue weighted by atomic mass is 35.5. The molecule has 0 spiro atoms. The lowest BCUT2D eigenvalue weighted by atomic mass is 10.2. The van der Waals surface area contributed by atoms with Gasteiger partial charge >= 0.3 is 5.97 Å². The van der Waals surface area contributed by atoms with E-state index in [4.69, 9.17) is 27.9 Å². The molecule has 0 unspecified atom stereocenters. The Morgan fingerprint density at radius 1 is 1.29 bits per heavy atom. The fourth-order valence-corrected chi connectivity index (χ4v) is 2.60. The summed E-state index contributed by atoms with van der Waals surface area (Å²) in [6.07, 6.45) is -0.997. The van der Waals surface area contributed by atoms with Crippen LogP contribution in [0.2, 0.25) is 10.0 Å². The van der Waals surface area contributed by atoms with Crippen LogP contribution in [0.1, 0.15) is 28.7 Å². The maximum Gasteiger partial charge on any atom is 0.340 e. The molecule has 0 aliphatic heterocycles. The average molecular weight is 370 g/mol. The Hall–Kier alpha value is -2.05. The summed E-state index contributed by atoms with van der Waals surface area (Å²) in [5.74, 6) is -1.15. The minimum Gasteiger partial charge on any atom is -0.449 e. The van der Waals surface area contributed by atoms with Crippen molar-refractivity contribution < 1.29 is 14.3 Å². The van der Waals surface area contributed by atoms with Crippen LogP contribution in [0.15, 0.2) is 18.2 Å². The van der Waals surface area contributed by atoms with Crippen molar-refractivity contribution >= 4 is 40.8 Å². The van der Waals surface area contributed by atoms with Gasteiger partial charge in [0.1, 0.15) is 0 Å². The van der Waals surface area contributed by atoms with Crippen LogP contribution in [-0.2, 0) is 16.6 Å². The molecule has 0 aliphatic carbocycles. The number of esters is 1. The van der Waals surface area contributed by atoms with Gasteiger partial charge in [-0.05, 0) is 39.0 Å². The van der Waals surface area contributed by atoms with E-state index >= 15 is 0 Å². The molecular weight excluding hydrogens is 353 g/mol. The number of aromatic nitrogens is 2. The number of rotatable bonds is 4. The molecule has 1 N–H and O–H groups in total. The molecule has 0 fully saturated rings. The summed E-state index contributed by atoms with van der Waals surface area (Å²) >= 11 is 11.8. The molecule has 0 aliphatic rings. The van der Waals surface area contributed by atoms with Crippen molar-refractivity contribution in [1.29, 1.82) is 0 Å². The zero-order valence-corrected chi connectivity index (χ0v) is 15.2. The number of hydrogen-bond acceptors (Lipinski definition) is 4. The molecule has 0 radical (unpaired) electrons. The SMILES string of the molecule is Cc1nn(C)c(C)c1NC(=O)[C@@H](C)OC(=O)c1ccc(Cl)cc1Cl. The fraction of sp³-hybridized carbons (Fsp3) is 0.312. The predicted molar refractivity (Wildman–Crippen MR) is 92.7 cm³/mol. The first-order valence-corrected chi connectivity index (χ1v) is 7.93. The van der Waals surface area contributed by atoms with Crippen LogP contribution in [0, 0.1) is 13.8 Å². The third-order valence-electron chi connectivity index (χ3n) is 3.56. The lowest BCUT2D eigenvalue weighted by Crippen LogP contribution is -2.30. The van der Waals surface area contributed by atoms with Gasteiger partial charge < -0.3 is 10.1 Å². The van der Waals surface area contributed by atoms with E-state index in [2.05, 4.69) is 10.4 Å². The Kier molecular flexibility index (Phi) is 5.51. The predicted octanol–water partition coefficient (Wildman–Crippen LogP) is 3.53. The minimum absolute atomic E-state index is 0.148. The van der Waals surface area contributed by atoms with Gasteiger partial charge in [0.25, 0.3) is 5.91 Å². The number of hydrogen-bond donors (Lipinski definition) is 1. The van der Waals surface area contributed by atoms with Crippen LogP contribution in [0.25, 0.3) is 0 Å². The zero-order valence-electron chi connectivity index (χ0n) is 13.7. The van der Waals surface area contributed by atoms with Crippen molar-refractivity contribution in [2.24, 2.45) is 7.05 Å². The largest absolute Gasteiger partial charge is 0.449 e. The van der Waals surface area contributed by atoms with E-state index < -0.39 is 18.0 Å². The molecular formula is C16H17Cl2N3O3. The number of amides is 1. The minimum atomic E-state index is -0.997. The molecule has 1 atom stereocenters. The molecule has 2 aromatic rings. The lowest BCUT2D eigenvalue weighted by Gasteiger charge is -2.14. The topological polar surface area (TPSA) is 73.2 Å². The Bertz CT molecular complexity index is 802. The van der Waals surface area contributed by atoms with Gasteiger partial charge in [0.05, 0.1) is 27.7 Å². The zero-order chi connectivity index (χ0) is 18.0. The van der Waals surface area contributed by atoms with Gasteiger partial charge in [-0.25, -0.2) is 4.79 Å². The number of nitrogens with zero attached hydrogens (tertiary/aromatic N) is 2. The molecule has 0 saturated carbocycles. The number of nitrogens with one attached hydrogen (secondary N) is 1. The van der Waals surface area contributed by atoms with Crippen molar-refractivity contribution in [3.05, 3.63) is 45.2 Å². The number of benzene rings is 1. The molecule has 1 amide bonds. The van der Waals surface area contributed by atoms with Crippen LogP contribution < -0.4 is 5.32 Å². The molecule has 1 aromatic carbocycles. The molecule has 2 rings (SSSR count). The van der Waals surface area contributed by atoms with E-state index in [9.17, 15) is 9.59 Å². The van der Waals surface area contributed by atoms with Crippen molar-refractivity contribution in [2.75, 3.05) is 5.32 Å². The van der Waals surface area contributed by atoms with Crippen molar-refractivity contribution in [1.82, 2.24) is 9.78 Å². The fourth-order valence-electron chi connectivity index (χ4n) is 2.11. The van der Waals surface area contributed by atoms with Crippen molar-refractivity contribution in [2.45, 2.75) is 26.9 Å². The van der Waals surface area contributed by atoms with Gasteiger partial charge in [-0.2, -0.15) is 5.10 Å². The summed E-state index contributed by atoms with van der Waals surface area (Å²) in [7, 11) is 1.78. The van der Waals surface area contributed by atoms with Crippen LogP contribution >= 0.6 is 23.2 Å². The highest BCUT2D eigenvalue weighted by Crippen LogP contribution is 2.23. The van der Waals surface area contributed by atoms with Gasteiger partial charge in [0.2, 0.25) is 0 Å². The Balaban J connectivity index is 2.07. The first-order chi connectivity index (χ1) is 11.2. The number of anilines is 1.